The van der Waals surface area contributed by atoms with E-state index in [0.717, 1.165) is 43.8 Å². The lowest BCUT2D eigenvalue weighted by Gasteiger charge is -2.43. The van der Waals surface area contributed by atoms with Crippen molar-refractivity contribution in [3.05, 3.63) is 21.3 Å². The Hall–Kier alpha value is -0.660. The van der Waals surface area contributed by atoms with E-state index < -0.39 is 5.97 Å². The molecule has 2 fully saturated rings. The number of methoxy groups -OCH3 is 1. The first-order valence-electron chi connectivity index (χ1n) is 7.88. The summed E-state index contributed by atoms with van der Waals surface area (Å²) in [5, 5.41) is 11.6. The van der Waals surface area contributed by atoms with Crippen LogP contribution in [0.2, 0.25) is 5.02 Å². The maximum Gasteiger partial charge on any atom is 0.329 e. The minimum absolute atomic E-state index is 0.0150. The average molecular weight is 360 g/mol. The fourth-order valence-corrected chi connectivity index (χ4v) is 5.03. The number of aliphatic carboxylic acids is 1. The van der Waals surface area contributed by atoms with Crippen molar-refractivity contribution in [3.63, 3.8) is 0 Å². The van der Waals surface area contributed by atoms with E-state index in [2.05, 4.69) is 4.90 Å². The minimum atomic E-state index is -0.915. The normalized spacial score (nSPS) is 31.2. The standard InChI is InChI=1S/C16H22ClNO4S/c1-21-16-4-2-11(22-10-15(19)20)8-14(16)18(6-5-16)9-13-12(17)3-7-23-13/h3,7,11,14H,2,4-6,8-10H2,1H3,(H,19,20)/t11-,14+,16-/m1/s1. The van der Waals surface area contributed by atoms with Crippen LogP contribution in [0.1, 0.15) is 30.6 Å². The highest BCUT2D eigenvalue weighted by Crippen LogP contribution is 2.44. The molecule has 2 aliphatic rings. The van der Waals surface area contributed by atoms with Crippen LogP contribution in [0, 0.1) is 0 Å². The summed E-state index contributed by atoms with van der Waals surface area (Å²) >= 11 is 7.91. The highest BCUT2D eigenvalue weighted by molar-refractivity contribution is 7.10. The number of carbonyl (C=O) groups is 1. The highest BCUT2D eigenvalue weighted by Gasteiger charge is 2.51. The second-order valence-electron chi connectivity index (χ2n) is 6.30. The zero-order valence-corrected chi connectivity index (χ0v) is 14.7. The van der Waals surface area contributed by atoms with E-state index in [1.54, 1.807) is 18.4 Å². The lowest BCUT2D eigenvalue weighted by Crippen LogP contribution is -2.51. The molecule has 3 atom stereocenters. The largest absolute Gasteiger partial charge is 0.480 e. The Kier molecular flexibility index (Phi) is 5.28. The SMILES string of the molecule is CO[C@@]12CC[C@@H](OCC(=O)O)C[C@@H]1N(Cc1sccc1Cl)CC2. The van der Waals surface area contributed by atoms with E-state index in [-0.39, 0.29) is 24.4 Å². The zero-order chi connectivity index (χ0) is 16.4. The Morgan fingerprint density at radius 2 is 2.39 bits per heavy atom. The van der Waals surface area contributed by atoms with E-state index in [9.17, 15) is 4.79 Å². The quantitative estimate of drug-likeness (QED) is 0.846. The van der Waals surface area contributed by atoms with Gasteiger partial charge >= 0.3 is 5.97 Å². The number of ether oxygens (including phenoxy) is 2. The number of hydrogen-bond donors (Lipinski definition) is 1. The lowest BCUT2D eigenvalue weighted by molar-refractivity contribution is -0.148. The van der Waals surface area contributed by atoms with Gasteiger partial charge in [-0.1, -0.05) is 11.6 Å². The molecular formula is C16H22ClNO4S. The number of likely N-dealkylation sites (tertiary alicyclic amines) is 1. The van der Waals surface area contributed by atoms with Crippen LogP contribution in [0.15, 0.2) is 11.4 Å². The number of carboxylic acids is 1. The fraction of sp³-hybridized carbons (Fsp3) is 0.688. The summed E-state index contributed by atoms with van der Waals surface area (Å²) < 4.78 is 11.5. The predicted molar refractivity (Wildman–Crippen MR) is 89.1 cm³/mol. The van der Waals surface area contributed by atoms with Gasteiger partial charge in [-0.15, -0.1) is 11.3 Å². The van der Waals surface area contributed by atoms with Gasteiger partial charge in [0.25, 0.3) is 0 Å². The van der Waals surface area contributed by atoms with Crippen LogP contribution >= 0.6 is 22.9 Å². The molecule has 0 bridgehead atoms. The minimum Gasteiger partial charge on any atom is -0.480 e. The first kappa shape index (κ1) is 17.2. The molecule has 3 rings (SSSR count). The molecule has 1 aromatic rings. The molecule has 1 saturated carbocycles. The Labute approximate surface area is 145 Å². The first-order chi connectivity index (χ1) is 11.0. The molecule has 5 nitrogen and oxygen atoms in total. The van der Waals surface area contributed by atoms with Crippen LogP contribution in [-0.2, 0) is 20.8 Å². The van der Waals surface area contributed by atoms with E-state index in [1.807, 2.05) is 11.4 Å². The second kappa shape index (κ2) is 7.07. The smallest absolute Gasteiger partial charge is 0.329 e. The number of hydrogen-bond acceptors (Lipinski definition) is 5. The van der Waals surface area contributed by atoms with E-state index >= 15 is 0 Å². The monoisotopic (exact) mass is 359 g/mol. The van der Waals surface area contributed by atoms with Crippen LogP contribution in [-0.4, -0.2) is 54.0 Å². The van der Waals surface area contributed by atoms with Gasteiger partial charge in [0.15, 0.2) is 0 Å². The molecule has 1 aliphatic carbocycles. The fourth-order valence-electron chi connectivity index (χ4n) is 3.91. The number of carboxylic acid groups (broad SMARTS) is 1. The molecule has 0 aromatic carbocycles. The molecule has 128 valence electrons. The van der Waals surface area contributed by atoms with Crippen LogP contribution in [0.3, 0.4) is 0 Å². The maximum atomic E-state index is 10.7. The number of rotatable bonds is 6. The van der Waals surface area contributed by atoms with Gasteiger partial charge in [0.2, 0.25) is 0 Å². The van der Waals surface area contributed by atoms with E-state index in [0.29, 0.717) is 0 Å². The number of halogens is 1. The topological polar surface area (TPSA) is 59.0 Å². The van der Waals surface area contributed by atoms with E-state index in [4.69, 9.17) is 26.2 Å². The molecule has 0 unspecified atom stereocenters. The molecule has 1 aromatic heterocycles. The van der Waals surface area contributed by atoms with Crippen molar-refractivity contribution in [3.8, 4) is 0 Å². The molecule has 1 saturated heterocycles. The lowest BCUT2D eigenvalue weighted by atomic mass is 9.79. The maximum absolute atomic E-state index is 10.7. The van der Waals surface area contributed by atoms with Gasteiger partial charge in [-0.2, -0.15) is 0 Å². The zero-order valence-electron chi connectivity index (χ0n) is 13.2. The van der Waals surface area contributed by atoms with E-state index in [1.165, 1.54) is 4.88 Å². The predicted octanol–water partition coefficient (Wildman–Crippen LogP) is 3.01. The number of fused-ring (bicyclic) bond motifs is 1. The van der Waals surface area contributed by atoms with Gasteiger partial charge in [0.1, 0.15) is 6.61 Å². The molecule has 0 radical (unpaired) electrons. The summed E-state index contributed by atoms with van der Waals surface area (Å²) in [7, 11) is 1.78. The van der Waals surface area contributed by atoms with Crippen molar-refractivity contribution in [2.45, 2.75) is 50.0 Å². The molecule has 23 heavy (non-hydrogen) atoms. The summed E-state index contributed by atoms with van der Waals surface area (Å²) in [5.41, 5.74) is -0.132. The summed E-state index contributed by atoms with van der Waals surface area (Å²) in [5.74, 6) is -0.915. The Balaban J connectivity index is 1.70. The Morgan fingerprint density at radius 1 is 1.57 bits per heavy atom. The van der Waals surface area contributed by atoms with Crippen molar-refractivity contribution < 1.29 is 19.4 Å². The van der Waals surface area contributed by atoms with Crippen molar-refractivity contribution in [2.75, 3.05) is 20.3 Å². The van der Waals surface area contributed by atoms with Crippen molar-refractivity contribution in [1.82, 2.24) is 4.90 Å². The third kappa shape index (κ3) is 3.56. The van der Waals surface area contributed by atoms with Gasteiger partial charge in [-0.05, 0) is 37.1 Å². The van der Waals surface area contributed by atoms with Gasteiger partial charge in [-0.3, -0.25) is 4.90 Å². The molecular weight excluding hydrogens is 338 g/mol. The summed E-state index contributed by atoms with van der Waals surface area (Å²) in [4.78, 5) is 14.3. The van der Waals surface area contributed by atoms with Crippen molar-refractivity contribution >= 4 is 28.9 Å². The molecule has 2 heterocycles. The Morgan fingerprint density at radius 3 is 3.04 bits per heavy atom. The molecule has 0 amide bonds. The third-order valence-corrected chi connectivity index (χ3v) is 6.50. The highest BCUT2D eigenvalue weighted by atomic mass is 35.5. The summed E-state index contributed by atoms with van der Waals surface area (Å²) in [6.45, 7) is 1.56. The van der Waals surface area contributed by atoms with Crippen molar-refractivity contribution in [1.29, 1.82) is 0 Å². The van der Waals surface area contributed by atoms with Crippen LogP contribution in [0.25, 0.3) is 0 Å². The van der Waals surface area contributed by atoms with Gasteiger partial charge in [0, 0.05) is 31.1 Å². The molecule has 7 heteroatoms. The average Bonchev–Trinajstić information content (AvgIpc) is 3.10. The van der Waals surface area contributed by atoms with Gasteiger partial charge in [-0.25, -0.2) is 4.79 Å². The van der Waals surface area contributed by atoms with Gasteiger partial charge < -0.3 is 14.6 Å². The van der Waals surface area contributed by atoms with Crippen LogP contribution < -0.4 is 0 Å². The van der Waals surface area contributed by atoms with Gasteiger partial charge in [0.05, 0.1) is 16.7 Å². The Bertz CT molecular complexity index is 566. The third-order valence-electron chi connectivity index (χ3n) is 5.13. The molecule has 1 aliphatic heterocycles. The van der Waals surface area contributed by atoms with Crippen molar-refractivity contribution in [2.24, 2.45) is 0 Å². The molecule has 0 spiro atoms. The first-order valence-corrected chi connectivity index (χ1v) is 9.14. The van der Waals surface area contributed by atoms with Crippen LogP contribution in [0.4, 0.5) is 0 Å². The summed E-state index contributed by atoms with van der Waals surface area (Å²) in [6, 6.07) is 2.18. The van der Waals surface area contributed by atoms with Crippen LogP contribution in [0.5, 0.6) is 0 Å². The number of nitrogens with zero attached hydrogens (tertiary/aromatic N) is 1. The summed E-state index contributed by atoms with van der Waals surface area (Å²) in [6.07, 6.45) is 3.56. The second-order valence-corrected chi connectivity index (χ2v) is 7.71. The number of thiophene rings is 1. The molecule has 1 N–H and O–H groups in total.